The Kier molecular flexibility index (Phi) is 7.44. The highest BCUT2D eigenvalue weighted by molar-refractivity contribution is 7.81. The van der Waals surface area contributed by atoms with Gasteiger partial charge in [0.05, 0.1) is 19.3 Å². The van der Waals surface area contributed by atoms with E-state index in [1.165, 1.54) is 0 Å². The second-order valence-corrected chi connectivity index (χ2v) is 7.77. The van der Waals surface area contributed by atoms with Crippen molar-refractivity contribution >= 4 is 18.7 Å². The third-order valence-electron chi connectivity index (χ3n) is 4.84. The molecule has 2 amide bonds. The molecule has 0 aromatic heterocycles. The first-order valence-corrected chi connectivity index (χ1v) is 9.93. The molecule has 0 unspecified atom stereocenters. The van der Waals surface area contributed by atoms with Gasteiger partial charge in [-0.25, -0.2) is 18.0 Å². The number of carbonyl (C=O) groups excluding carboxylic acids is 1. The average molecular weight is 424 g/mol. The van der Waals surface area contributed by atoms with E-state index < -0.39 is 17.5 Å². The van der Waals surface area contributed by atoms with Crippen LogP contribution in [-0.2, 0) is 17.8 Å². The summed E-state index contributed by atoms with van der Waals surface area (Å²) in [5.41, 5.74) is 1.07. The number of thiol groups is 1. The lowest BCUT2D eigenvalue weighted by Crippen LogP contribution is -2.45. The number of likely N-dealkylation sites (tertiary alicyclic amines) is 1. The van der Waals surface area contributed by atoms with Gasteiger partial charge in [0, 0.05) is 30.0 Å². The Morgan fingerprint density at radius 1 is 1.14 bits per heavy atom. The molecule has 2 aromatic carbocycles. The van der Waals surface area contributed by atoms with Gasteiger partial charge < -0.3 is 15.0 Å². The third kappa shape index (κ3) is 5.90. The van der Waals surface area contributed by atoms with E-state index >= 15 is 0 Å². The van der Waals surface area contributed by atoms with Crippen LogP contribution in [-0.4, -0.2) is 41.9 Å². The fourth-order valence-corrected chi connectivity index (χ4v) is 3.76. The van der Waals surface area contributed by atoms with Crippen LogP contribution in [0.15, 0.2) is 42.5 Å². The second-order valence-electron chi connectivity index (χ2n) is 7.04. The minimum atomic E-state index is -1.24. The summed E-state index contributed by atoms with van der Waals surface area (Å²) in [6.45, 7) is 0.930. The lowest BCUT2D eigenvalue weighted by Gasteiger charge is -2.25. The monoisotopic (exact) mass is 424 g/mol. The summed E-state index contributed by atoms with van der Waals surface area (Å²) in [5, 5.41) is 2.92. The molecule has 2 aromatic rings. The van der Waals surface area contributed by atoms with E-state index in [0.717, 1.165) is 18.1 Å². The maximum absolute atomic E-state index is 13.7. The highest BCUT2D eigenvalue weighted by Gasteiger charge is 2.33. The fraction of sp³-hybridized carbons (Fsp3) is 0.381. The molecule has 0 saturated carbocycles. The molecule has 0 spiro atoms. The van der Waals surface area contributed by atoms with Crippen molar-refractivity contribution in [2.45, 2.75) is 30.7 Å². The molecule has 1 heterocycles. The molecule has 4 nitrogen and oxygen atoms in total. The van der Waals surface area contributed by atoms with Crippen LogP contribution in [0.4, 0.5) is 18.0 Å². The summed E-state index contributed by atoms with van der Waals surface area (Å²) >= 11 is 4.46. The van der Waals surface area contributed by atoms with Crippen LogP contribution >= 0.6 is 12.6 Å². The van der Waals surface area contributed by atoms with Gasteiger partial charge in [-0.1, -0.05) is 30.3 Å². The first kappa shape index (κ1) is 21.5. The van der Waals surface area contributed by atoms with Gasteiger partial charge in [-0.15, -0.1) is 0 Å². The number of amides is 2. The van der Waals surface area contributed by atoms with E-state index in [0.29, 0.717) is 25.6 Å². The maximum atomic E-state index is 13.7. The molecular weight excluding hydrogens is 401 g/mol. The van der Waals surface area contributed by atoms with Crippen LogP contribution in [0.5, 0.6) is 0 Å². The predicted octanol–water partition coefficient (Wildman–Crippen LogP) is 3.95. The third-order valence-corrected chi connectivity index (χ3v) is 5.22. The molecule has 1 aliphatic rings. The predicted molar refractivity (Wildman–Crippen MR) is 107 cm³/mol. The summed E-state index contributed by atoms with van der Waals surface area (Å²) < 4.78 is 45.5. The highest BCUT2D eigenvalue weighted by Crippen LogP contribution is 2.23. The molecule has 1 saturated heterocycles. The highest BCUT2D eigenvalue weighted by atomic mass is 32.1. The van der Waals surface area contributed by atoms with Gasteiger partial charge in [0.1, 0.15) is 5.82 Å². The SMILES string of the molecule is O=C(NCCc1ccccc1)N1C[C@H](S)C[C@H]1COCc1cc(F)c(F)cc1F. The number of urea groups is 1. The number of nitrogens with one attached hydrogen (secondary N) is 1. The zero-order valence-electron chi connectivity index (χ0n) is 15.8. The van der Waals surface area contributed by atoms with E-state index in [-0.39, 0.29) is 36.1 Å². The van der Waals surface area contributed by atoms with Crippen LogP contribution in [0.2, 0.25) is 0 Å². The number of rotatable bonds is 7. The number of carbonyl (C=O) groups is 1. The summed E-state index contributed by atoms with van der Waals surface area (Å²) in [7, 11) is 0. The zero-order valence-corrected chi connectivity index (χ0v) is 16.7. The van der Waals surface area contributed by atoms with Crippen LogP contribution in [0.1, 0.15) is 17.5 Å². The van der Waals surface area contributed by atoms with Crippen LogP contribution in [0, 0.1) is 17.5 Å². The fourth-order valence-electron chi connectivity index (χ4n) is 3.34. The van der Waals surface area contributed by atoms with E-state index in [2.05, 4.69) is 17.9 Å². The van der Waals surface area contributed by atoms with Gasteiger partial charge in [-0.05, 0) is 24.5 Å². The normalized spacial score (nSPS) is 18.8. The van der Waals surface area contributed by atoms with Crippen LogP contribution < -0.4 is 5.32 Å². The molecule has 0 bridgehead atoms. The van der Waals surface area contributed by atoms with Crippen molar-refractivity contribution in [3.05, 3.63) is 71.0 Å². The Hall–Kier alpha value is -2.19. The van der Waals surface area contributed by atoms with Crippen molar-refractivity contribution < 1.29 is 22.7 Å². The van der Waals surface area contributed by atoms with Crippen molar-refractivity contribution in [3.8, 4) is 0 Å². The largest absolute Gasteiger partial charge is 0.375 e. The second kappa shape index (κ2) is 10.0. The average Bonchev–Trinajstić information content (AvgIpc) is 3.07. The quantitative estimate of drug-likeness (QED) is 0.522. The molecular formula is C21H23F3N2O2S. The first-order valence-electron chi connectivity index (χ1n) is 9.41. The molecule has 156 valence electrons. The van der Waals surface area contributed by atoms with Gasteiger partial charge in [0.2, 0.25) is 0 Å². The number of ether oxygens (including phenoxy) is 1. The molecule has 29 heavy (non-hydrogen) atoms. The lowest BCUT2D eigenvalue weighted by molar-refractivity contribution is 0.0737. The van der Waals surface area contributed by atoms with E-state index in [1.54, 1.807) is 4.90 Å². The Morgan fingerprint density at radius 2 is 1.86 bits per heavy atom. The van der Waals surface area contributed by atoms with Crippen molar-refractivity contribution in [3.63, 3.8) is 0 Å². The molecule has 2 atom stereocenters. The number of hydrogen-bond acceptors (Lipinski definition) is 3. The van der Waals surface area contributed by atoms with E-state index in [4.69, 9.17) is 4.74 Å². The lowest BCUT2D eigenvalue weighted by atomic mass is 10.1. The number of halogens is 3. The standard InChI is InChI=1S/C21H23F3N2O2S/c22-18-10-20(24)19(23)8-15(18)12-28-13-16-9-17(29)11-26(16)21(27)25-7-6-14-4-2-1-3-5-14/h1-5,8,10,16-17,29H,6-7,9,11-13H2,(H,25,27)/t16-,17+/m0/s1. The van der Waals surface area contributed by atoms with Gasteiger partial charge in [0.25, 0.3) is 0 Å². The minimum Gasteiger partial charge on any atom is -0.375 e. The summed E-state index contributed by atoms with van der Waals surface area (Å²) in [4.78, 5) is 14.2. The minimum absolute atomic E-state index is 0.0171. The van der Waals surface area contributed by atoms with Crippen molar-refractivity contribution in [2.75, 3.05) is 19.7 Å². The Labute approximate surface area is 173 Å². The van der Waals surface area contributed by atoms with Gasteiger partial charge in [-0.3, -0.25) is 0 Å². The molecule has 3 rings (SSSR count). The van der Waals surface area contributed by atoms with Gasteiger partial charge in [0.15, 0.2) is 11.6 Å². The van der Waals surface area contributed by atoms with Crippen molar-refractivity contribution in [2.24, 2.45) is 0 Å². The molecule has 1 fully saturated rings. The Bertz CT molecular complexity index is 838. The van der Waals surface area contributed by atoms with Crippen LogP contribution in [0.3, 0.4) is 0 Å². The Balaban J connectivity index is 1.49. The van der Waals surface area contributed by atoms with Crippen molar-refractivity contribution in [1.82, 2.24) is 10.2 Å². The zero-order chi connectivity index (χ0) is 20.8. The number of nitrogens with zero attached hydrogens (tertiary/aromatic N) is 1. The summed E-state index contributed by atoms with van der Waals surface area (Å²) in [6.07, 6.45) is 1.36. The topological polar surface area (TPSA) is 41.6 Å². The van der Waals surface area contributed by atoms with E-state index in [9.17, 15) is 18.0 Å². The number of hydrogen-bond donors (Lipinski definition) is 2. The molecule has 8 heteroatoms. The molecule has 0 aliphatic carbocycles. The first-order chi connectivity index (χ1) is 13.9. The molecule has 0 radical (unpaired) electrons. The van der Waals surface area contributed by atoms with Crippen molar-refractivity contribution in [1.29, 1.82) is 0 Å². The van der Waals surface area contributed by atoms with Gasteiger partial charge in [-0.2, -0.15) is 12.6 Å². The number of benzene rings is 2. The van der Waals surface area contributed by atoms with Gasteiger partial charge >= 0.3 is 6.03 Å². The summed E-state index contributed by atoms with van der Waals surface area (Å²) in [6, 6.07) is 10.7. The molecule has 1 aliphatic heterocycles. The Morgan fingerprint density at radius 3 is 2.62 bits per heavy atom. The van der Waals surface area contributed by atoms with E-state index in [1.807, 2.05) is 30.3 Å². The smallest absolute Gasteiger partial charge is 0.317 e. The summed E-state index contributed by atoms with van der Waals surface area (Å²) in [5.74, 6) is -3.23. The van der Waals surface area contributed by atoms with Crippen LogP contribution in [0.25, 0.3) is 0 Å². The molecule has 1 N–H and O–H groups in total. The maximum Gasteiger partial charge on any atom is 0.317 e.